The highest BCUT2D eigenvalue weighted by atomic mass is 32.2. The molecule has 0 saturated heterocycles. The second-order valence-electron chi connectivity index (χ2n) is 8.88. The van der Waals surface area contributed by atoms with Gasteiger partial charge in [-0.2, -0.15) is 0 Å². The highest BCUT2D eigenvalue weighted by molar-refractivity contribution is 7.92. The second kappa shape index (κ2) is 9.90. The number of fused-ring (bicyclic) bond motifs is 1. The quantitative estimate of drug-likeness (QED) is 0.401. The van der Waals surface area contributed by atoms with Gasteiger partial charge in [0, 0.05) is 16.5 Å². The molecule has 0 bridgehead atoms. The van der Waals surface area contributed by atoms with E-state index in [1.54, 1.807) is 55.5 Å². The molecular formula is C25H30N2O6S. The van der Waals surface area contributed by atoms with Gasteiger partial charge in [0.15, 0.2) is 6.04 Å². The average molecular weight is 487 g/mol. The number of ether oxygens (including phenoxy) is 2. The molecule has 0 spiro atoms. The number of sulfonamides is 1. The lowest BCUT2D eigenvalue weighted by atomic mass is 10.0. The topological polar surface area (TPSA) is 114 Å². The van der Waals surface area contributed by atoms with Gasteiger partial charge in [-0.3, -0.25) is 4.72 Å². The maximum Gasteiger partial charge on any atom is 0.328 e. The molecule has 3 aromatic rings. The van der Waals surface area contributed by atoms with Crippen LogP contribution in [0.4, 0.5) is 11.4 Å². The molecular weight excluding hydrogens is 456 g/mol. The molecule has 0 radical (unpaired) electrons. The number of aliphatic carboxylic acids is 1. The van der Waals surface area contributed by atoms with E-state index >= 15 is 0 Å². The molecule has 0 aliphatic carbocycles. The summed E-state index contributed by atoms with van der Waals surface area (Å²) in [4.78, 5) is 12.1. The summed E-state index contributed by atoms with van der Waals surface area (Å²) in [7, 11) is -2.34. The minimum Gasteiger partial charge on any atom is -0.497 e. The molecule has 2 atom stereocenters. The zero-order valence-electron chi connectivity index (χ0n) is 19.8. The van der Waals surface area contributed by atoms with Crippen LogP contribution in [-0.2, 0) is 19.6 Å². The third kappa shape index (κ3) is 5.98. The lowest BCUT2D eigenvalue weighted by Crippen LogP contribution is -2.43. The molecule has 8 nitrogen and oxygen atoms in total. The van der Waals surface area contributed by atoms with E-state index in [0.717, 1.165) is 0 Å². The van der Waals surface area contributed by atoms with Gasteiger partial charge in [0.05, 0.1) is 29.4 Å². The normalized spacial score (nSPS) is 13.8. The second-order valence-corrected chi connectivity index (χ2v) is 10.6. The Hall–Kier alpha value is -3.30. The van der Waals surface area contributed by atoms with E-state index in [9.17, 15) is 18.3 Å². The molecule has 34 heavy (non-hydrogen) atoms. The van der Waals surface area contributed by atoms with E-state index in [2.05, 4.69) is 10.0 Å². The summed E-state index contributed by atoms with van der Waals surface area (Å²) in [6.45, 7) is 7.29. The number of rotatable bonds is 9. The fourth-order valence-corrected chi connectivity index (χ4v) is 4.73. The molecule has 0 heterocycles. The lowest BCUT2D eigenvalue weighted by Gasteiger charge is -2.30. The first-order valence-corrected chi connectivity index (χ1v) is 12.3. The predicted molar refractivity (Wildman–Crippen MR) is 133 cm³/mol. The van der Waals surface area contributed by atoms with Gasteiger partial charge >= 0.3 is 5.97 Å². The Morgan fingerprint density at radius 2 is 1.50 bits per heavy atom. The summed E-state index contributed by atoms with van der Waals surface area (Å²) < 4.78 is 39.5. The van der Waals surface area contributed by atoms with E-state index in [1.165, 1.54) is 19.2 Å². The van der Waals surface area contributed by atoms with Crippen molar-refractivity contribution >= 4 is 38.1 Å². The Balaban J connectivity index is 1.95. The Bertz CT molecular complexity index is 1270. The van der Waals surface area contributed by atoms with Crippen LogP contribution >= 0.6 is 0 Å². The van der Waals surface area contributed by atoms with Gasteiger partial charge in [-0.15, -0.1) is 0 Å². The molecule has 3 rings (SSSR count). The van der Waals surface area contributed by atoms with Crippen molar-refractivity contribution in [2.75, 3.05) is 17.1 Å². The van der Waals surface area contributed by atoms with Crippen LogP contribution in [0.2, 0.25) is 0 Å². The monoisotopic (exact) mass is 486 g/mol. The molecule has 0 amide bonds. The fourth-order valence-electron chi connectivity index (χ4n) is 3.65. The number of methoxy groups -OCH3 is 1. The van der Waals surface area contributed by atoms with Crippen molar-refractivity contribution in [3.63, 3.8) is 0 Å². The van der Waals surface area contributed by atoms with Gasteiger partial charge in [-0.25, -0.2) is 13.2 Å². The smallest absolute Gasteiger partial charge is 0.328 e. The van der Waals surface area contributed by atoms with Crippen LogP contribution in [-0.4, -0.2) is 44.4 Å². The molecule has 0 unspecified atom stereocenters. The number of hydrogen-bond acceptors (Lipinski definition) is 6. The number of carboxylic acid groups (broad SMARTS) is 1. The molecule has 3 N–H and O–H groups in total. The lowest BCUT2D eigenvalue weighted by molar-refractivity contribution is -0.144. The number of anilines is 2. The highest BCUT2D eigenvalue weighted by Gasteiger charge is 2.29. The zero-order valence-corrected chi connectivity index (χ0v) is 20.6. The van der Waals surface area contributed by atoms with Crippen LogP contribution in [0, 0.1) is 0 Å². The van der Waals surface area contributed by atoms with E-state index in [1.807, 2.05) is 20.8 Å². The van der Waals surface area contributed by atoms with Crippen molar-refractivity contribution in [2.24, 2.45) is 0 Å². The molecule has 0 aliphatic heterocycles. The number of hydrogen-bond donors (Lipinski definition) is 3. The van der Waals surface area contributed by atoms with Gasteiger partial charge in [-0.05, 0) is 64.1 Å². The maximum absolute atomic E-state index is 13.0. The first-order chi connectivity index (χ1) is 15.9. The van der Waals surface area contributed by atoms with Gasteiger partial charge < -0.3 is 19.9 Å². The molecule has 0 aromatic heterocycles. The van der Waals surface area contributed by atoms with E-state index < -0.39 is 33.7 Å². The Morgan fingerprint density at radius 3 is 2.03 bits per heavy atom. The van der Waals surface area contributed by atoms with Crippen LogP contribution in [0.5, 0.6) is 5.75 Å². The van der Waals surface area contributed by atoms with Crippen molar-refractivity contribution in [3.05, 3.63) is 60.7 Å². The van der Waals surface area contributed by atoms with E-state index in [4.69, 9.17) is 9.47 Å². The minimum atomic E-state index is -3.85. The molecule has 182 valence electrons. The fraction of sp³-hybridized carbons (Fsp3) is 0.320. The summed E-state index contributed by atoms with van der Waals surface area (Å²) in [5.41, 5.74) is 0.420. The van der Waals surface area contributed by atoms with Gasteiger partial charge in [0.2, 0.25) is 0 Å². The Kier molecular flexibility index (Phi) is 7.38. The first-order valence-electron chi connectivity index (χ1n) is 10.8. The largest absolute Gasteiger partial charge is 0.497 e. The molecule has 0 saturated carbocycles. The van der Waals surface area contributed by atoms with Gasteiger partial charge in [-0.1, -0.05) is 24.3 Å². The van der Waals surface area contributed by atoms with E-state index in [-0.39, 0.29) is 4.90 Å². The van der Waals surface area contributed by atoms with Gasteiger partial charge in [0.25, 0.3) is 10.0 Å². The summed E-state index contributed by atoms with van der Waals surface area (Å²) in [5, 5.41) is 14.2. The van der Waals surface area contributed by atoms with Crippen LogP contribution in [0.25, 0.3) is 10.8 Å². The van der Waals surface area contributed by atoms with Crippen molar-refractivity contribution in [1.29, 1.82) is 0 Å². The molecule has 0 fully saturated rings. The number of benzene rings is 3. The van der Waals surface area contributed by atoms with Crippen molar-refractivity contribution < 1.29 is 27.8 Å². The maximum atomic E-state index is 13.0. The minimum absolute atomic E-state index is 0.0960. The molecule has 3 aromatic carbocycles. The highest BCUT2D eigenvalue weighted by Crippen LogP contribution is 2.32. The number of nitrogens with one attached hydrogen (secondary N) is 2. The molecule has 0 aliphatic rings. The summed E-state index contributed by atoms with van der Waals surface area (Å²) in [6, 6.07) is 15.5. The van der Waals surface area contributed by atoms with E-state index in [0.29, 0.717) is 27.9 Å². The third-order valence-corrected chi connectivity index (χ3v) is 6.51. The first kappa shape index (κ1) is 25.3. The number of carboxylic acids is 1. The Labute approximate surface area is 199 Å². The van der Waals surface area contributed by atoms with Crippen molar-refractivity contribution in [1.82, 2.24) is 0 Å². The van der Waals surface area contributed by atoms with Crippen molar-refractivity contribution in [3.8, 4) is 5.75 Å². The van der Waals surface area contributed by atoms with Crippen molar-refractivity contribution in [2.45, 2.75) is 50.3 Å². The van der Waals surface area contributed by atoms with Crippen LogP contribution in [0.3, 0.4) is 0 Å². The molecule has 9 heteroatoms. The van der Waals surface area contributed by atoms with Gasteiger partial charge in [0.1, 0.15) is 5.75 Å². The third-order valence-electron chi connectivity index (χ3n) is 5.12. The summed E-state index contributed by atoms with van der Waals surface area (Å²) >= 11 is 0. The summed E-state index contributed by atoms with van der Waals surface area (Å²) in [6.07, 6.45) is -0.621. The Morgan fingerprint density at radius 1 is 0.941 bits per heavy atom. The predicted octanol–water partition coefficient (Wildman–Crippen LogP) is 4.72. The van der Waals surface area contributed by atoms with Crippen LogP contribution < -0.4 is 14.8 Å². The van der Waals surface area contributed by atoms with Crippen LogP contribution in [0.15, 0.2) is 65.6 Å². The average Bonchev–Trinajstić information content (AvgIpc) is 2.77. The summed E-state index contributed by atoms with van der Waals surface area (Å²) in [5.74, 6) is -0.498. The zero-order chi connectivity index (χ0) is 25.1. The number of carbonyl (C=O) groups is 1. The van der Waals surface area contributed by atoms with Crippen LogP contribution in [0.1, 0.15) is 27.7 Å². The SMILES string of the molecule is COc1ccc(S(=O)(=O)Nc2ccc(N[C@H](C(=O)O)[C@@H](C)OC(C)(C)C)c3ccccc23)cc1. The standard InChI is InChI=1S/C25H30N2O6S/c1-16(33-25(2,3)4)23(24(28)29)26-21-14-15-22(20-9-7-6-8-19(20)21)27-34(30,31)18-12-10-17(32-5)11-13-18/h6-16,23,26-27H,1-5H3,(H,28,29)/t16-,23+/m1/s1.